The molecule has 0 amide bonds. The van der Waals surface area contributed by atoms with Crippen molar-refractivity contribution in [1.29, 1.82) is 0 Å². The Morgan fingerprint density at radius 1 is 1.30 bits per heavy atom. The number of hydrogen-bond donors (Lipinski definition) is 1. The SMILES string of the molecule is Cc1ccc(F)c(C(O)c2cc3c(s2)CCSC3)c1F. The average Bonchev–Trinajstić information content (AvgIpc) is 2.87. The van der Waals surface area contributed by atoms with Gasteiger partial charge in [0.1, 0.15) is 17.7 Å². The summed E-state index contributed by atoms with van der Waals surface area (Å²) in [5.74, 6) is 0.632. The van der Waals surface area contributed by atoms with Crippen molar-refractivity contribution in [3.05, 3.63) is 56.3 Å². The molecule has 2 heterocycles. The van der Waals surface area contributed by atoms with Crippen LogP contribution in [0.2, 0.25) is 0 Å². The molecule has 1 atom stereocenters. The third-order valence-electron chi connectivity index (χ3n) is 3.51. The molecular weight excluding hydrogens is 298 g/mol. The predicted molar refractivity (Wildman–Crippen MR) is 79.3 cm³/mol. The molecule has 0 aliphatic carbocycles. The van der Waals surface area contributed by atoms with Gasteiger partial charge in [-0.05, 0) is 42.4 Å². The Kier molecular flexibility index (Phi) is 3.84. The number of fused-ring (bicyclic) bond motifs is 1. The molecule has 1 aliphatic heterocycles. The molecule has 1 aromatic carbocycles. The van der Waals surface area contributed by atoms with Crippen molar-refractivity contribution in [2.24, 2.45) is 0 Å². The highest BCUT2D eigenvalue weighted by Gasteiger charge is 2.24. The average molecular weight is 312 g/mol. The van der Waals surface area contributed by atoms with Crippen molar-refractivity contribution in [3.8, 4) is 0 Å². The monoisotopic (exact) mass is 312 g/mol. The van der Waals surface area contributed by atoms with E-state index in [4.69, 9.17) is 0 Å². The van der Waals surface area contributed by atoms with Gasteiger partial charge in [0.2, 0.25) is 0 Å². The summed E-state index contributed by atoms with van der Waals surface area (Å²) in [6.45, 7) is 1.57. The van der Waals surface area contributed by atoms with E-state index in [2.05, 4.69) is 0 Å². The van der Waals surface area contributed by atoms with E-state index in [1.54, 1.807) is 6.92 Å². The molecular formula is C15H14F2OS2. The van der Waals surface area contributed by atoms with Gasteiger partial charge in [0.15, 0.2) is 0 Å². The maximum absolute atomic E-state index is 14.1. The highest BCUT2D eigenvalue weighted by atomic mass is 32.2. The van der Waals surface area contributed by atoms with E-state index in [9.17, 15) is 13.9 Å². The molecule has 0 saturated carbocycles. The van der Waals surface area contributed by atoms with Crippen LogP contribution < -0.4 is 0 Å². The molecule has 1 nitrogen and oxygen atoms in total. The fourth-order valence-electron chi connectivity index (χ4n) is 2.38. The van der Waals surface area contributed by atoms with E-state index in [1.165, 1.54) is 33.9 Å². The van der Waals surface area contributed by atoms with E-state index in [1.807, 2.05) is 17.8 Å². The summed E-state index contributed by atoms with van der Waals surface area (Å²) < 4.78 is 27.9. The van der Waals surface area contributed by atoms with Crippen LogP contribution in [0, 0.1) is 18.6 Å². The molecule has 1 N–H and O–H groups in total. The topological polar surface area (TPSA) is 20.2 Å². The molecule has 1 aromatic heterocycles. The van der Waals surface area contributed by atoms with Crippen LogP contribution in [0.5, 0.6) is 0 Å². The first-order valence-electron chi connectivity index (χ1n) is 6.39. The van der Waals surface area contributed by atoms with Crippen LogP contribution in [0.3, 0.4) is 0 Å². The van der Waals surface area contributed by atoms with Gasteiger partial charge in [0.05, 0.1) is 5.56 Å². The Morgan fingerprint density at radius 2 is 2.10 bits per heavy atom. The number of aliphatic hydroxyl groups is 1. The van der Waals surface area contributed by atoms with Gasteiger partial charge in [-0.1, -0.05) is 6.07 Å². The Labute approximate surface area is 124 Å². The van der Waals surface area contributed by atoms with Crippen molar-refractivity contribution >= 4 is 23.1 Å². The smallest absolute Gasteiger partial charge is 0.135 e. The quantitative estimate of drug-likeness (QED) is 0.896. The van der Waals surface area contributed by atoms with E-state index in [0.717, 1.165) is 17.9 Å². The van der Waals surface area contributed by atoms with Crippen LogP contribution in [-0.4, -0.2) is 10.9 Å². The fraction of sp³-hybridized carbons (Fsp3) is 0.333. The first-order valence-corrected chi connectivity index (χ1v) is 8.37. The second-order valence-electron chi connectivity index (χ2n) is 4.89. The van der Waals surface area contributed by atoms with E-state index >= 15 is 0 Å². The first-order chi connectivity index (χ1) is 9.58. The zero-order chi connectivity index (χ0) is 14.3. The van der Waals surface area contributed by atoms with E-state index < -0.39 is 17.7 Å². The van der Waals surface area contributed by atoms with Gasteiger partial charge in [-0.3, -0.25) is 0 Å². The Hall–Kier alpha value is -0.910. The molecule has 0 fully saturated rings. The Balaban J connectivity index is 2.02. The first kappa shape index (κ1) is 14.0. The summed E-state index contributed by atoms with van der Waals surface area (Å²) in [5, 5.41) is 10.4. The van der Waals surface area contributed by atoms with Gasteiger partial charge >= 0.3 is 0 Å². The molecule has 0 bridgehead atoms. The minimum absolute atomic E-state index is 0.240. The second-order valence-corrected chi connectivity index (χ2v) is 7.17. The number of aliphatic hydroxyl groups excluding tert-OH is 1. The van der Waals surface area contributed by atoms with Gasteiger partial charge in [-0.25, -0.2) is 8.78 Å². The number of thioether (sulfide) groups is 1. The number of rotatable bonds is 2. The molecule has 2 aromatic rings. The maximum Gasteiger partial charge on any atom is 0.135 e. The fourth-order valence-corrected chi connectivity index (χ4v) is 4.75. The predicted octanol–water partition coefficient (Wildman–Crippen LogP) is 4.21. The Bertz CT molecular complexity index is 628. The summed E-state index contributed by atoms with van der Waals surface area (Å²) >= 11 is 3.31. The molecule has 20 heavy (non-hydrogen) atoms. The Morgan fingerprint density at radius 3 is 2.85 bits per heavy atom. The zero-order valence-corrected chi connectivity index (χ0v) is 12.6. The third kappa shape index (κ3) is 2.38. The van der Waals surface area contributed by atoms with Gasteiger partial charge in [-0.2, -0.15) is 11.8 Å². The molecule has 106 valence electrons. The summed E-state index contributed by atoms with van der Waals surface area (Å²) in [6.07, 6.45) is -0.258. The van der Waals surface area contributed by atoms with Crippen molar-refractivity contribution in [3.63, 3.8) is 0 Å². The molecule has 1 aliphatic rings. The normalized spacial score (nSPS) is 16.0. The minimum atomic E-state index is -1.23. The van der Waals surface area contributed by atoms with Gasteiger partial charge in [-0.15, -0.1) is 11.3 Å². The standard InChI is InChI=1S/C15H14F2OS2/c1-8-2-3-10(16)13(14(8)17)15(18)12-6-9-7-19-5-4-11(9)20-12/h2-3,6,15,18H,4-5,7H2,1H3. The molecule has 3 rings (SSSR count). The van der Waals surface area contributed by atoms with Crippen molar-refractivity contribution in [2.45, 2.75) is 25.2 Å². The highest BCUT2D eigenvalue weighted by Crippen LogP contribution is 2.38. The molecule has 0 spiro atoms. The van der Waals surface area contributed by atoms with Crippen LogP contribution in [0.4, 0.5) is 8.78 Å². The number of hydrogen-bond acceptors (Lipinski definition) is 3. The molecule has 5 heteroatoms. The van der Waals surface area contributed by atoms with Gasteiger partial charge in [0.25, 0.3) is 0 Å². The van der Waals surface area contributed by atoms with Crippen LogP contribution in [0.25, 0.3) is 0 Å². The number of benzene rings is 1. The highest BCUT2D eigenvalue weighted by molar-refractivity contribution is 7.98. The maximum atomic E-state index is 14.1. The largest absolute Gasteiger partial charge is 0.383 e. The van der Waals surface area contributed by atoms with Crippen LogP contribution in [-0.2, 0) is 12.2 Å². The number of halogens is 2. The molecule has 0 saturated heterocycles. The van der Waals surface area contributed by atoms with E-state index in [0.29, 0.717) is 10.4 Å². The van der Waals surface area contributed by atoms with Crippen LogP contribution in [0.1, 0.15) is 32.5 Å². The summed E-state index contributed by atoms with van der Waals surface area (Å²) in [5.41, 5.74) is 1.29. The number of thiophene rings is 1. The molecule has 1 unspecified atom stereocenters. The third-order valence-corrected chi connectivity index (χ3v) is 5.81. The second kappa shape index (κ2) is 5.47. The van der Waals surface area contributed by atoms with Crippen molar-refractivity contribution in [1.82, 2.24) is 0 Å². The van der Waals surface area contributed by atoms with Gasteiger partial charge in [0, 0.05) is 15.5 Å². The lowest BCUT2D eigenvalue weighted by Gasteiger charge is -2.12. The van der Waals surface area contributed by atoms with Gasteiger partial charge < -0.3 is 5.11 Å². The zero-order valence-electron chi connectivity index (χ0n) is 11.0. The van der Waals surface area contributed by atoms with Crippen molar-refractivity contribution in [2.75, 3.05) is 5.75 Å². The lowest BCUT2D eigenvalue weighted by molar-refractivity contribution is 0.212. The number of aryl methyl sites for hydroxylation is 2. The van der Waals surface area contributed by atoms with Crippen molar-refractivity contribution < 1.29 is 13.9 Å². The summed E-state index contributed by atoms with van der Waals surface area (Å²) in [6, 6.07) is 4.48. The minimum Gasteiger partial charge on any atom is -0.383 e. The van der Waals surface area contributed by atoms with Crippen LogP contribution >= 0.6 is 23.1 Å². The van der Waals surface area contributed by atoms with Crippen LogP contribution in [0.15, 0.2) is 18.2 Å². The lowest BCUT2D eigenvalue weighted by atomic mass is 10.0. The summed E-state index contributed by atoms with van der Waals surface area (Å²) in [7, 11) is 0. The molecule has 0 radical (unpaired) electrons. The van der Waals surface area contributed by atoms with E-state index in [-0.39, 0.29) is 5.56 Å². The summed E-state index contributed by atoms with van der Waals surface area (Å²) in [4.78, 5) is 1.85. The lowest BCUT2D eigenvalue weighted by Crippen LogP contribution is -2.05.